The van der Waals surface area contributed by atoms with Crippen molar-refractivity contribution in [2.24, 2.45) is 0 Å². The summed E-state index contributed by atoms with van der Waals surface area (Å²) in [5, 5.41) is 3.12. The molecule has 2 rings (SSSR count). The number of benzene rings is 2. The number of hydrogen-bond acceptors (Lipinski definition) is 3. The van der Waals surface area contributed by atoms with Gasteiger partial charge in [0.1, 0.15) is 11.6 Å². The minimum Gasteiger partial charge on any atom is -0.495 e. The van der Waals surface area contributed by atoms with Gasteiger partial charge in [-0.3, -0.25) is 9.59 Å². The quantitative estimate of drug-likeness (QED) is 0.805. The molecule has 0 aromatic heterocycles. The smallest absolute Gasteiger partial charge is 0.224 e. The Labute approximate surface area is 156 Å². The minimum atomic E-state index is -0.380. The number of ether oxygens (including phenoxy) is 1. The minimum absolute atomic E-state index is 0.0756. The summed E-state index contributed by atoms with van der Waals surface area (Å²) in [6, 6.07) is 10.9. The van der Waals surface area contributed by atoms with Crippen LogP contribution in [0.4, 0.5) is 10.1 Å². The molecule has 0 aliphatic carbocycles. The van der Waals surface area contributed by atoms with Crippen LogP contribution in [0.15, 0.2) is 42.5 Å². The molecule has 138 valence electrons. The fourth-order valence-corrected chi connectivity index (χ4v) is 2.75. The molecular weight excluding hydrogens is 359 g/mol. The maximum absolute atomic E-state index is 13.1. The Bertz CT molecular complexity index is 798. The van der Waals surface area contributed by atoms with Crippen molar-refractivity contribution in [3.05, 3.63) is 58.9 Å². The number of nitrogens with one attached hydrogen (secondary N) is 1. The number of hydrogen-bond donors (Lipinski definition) is 1. The van der Waals surface area contributed by atoms with Gasteiger partial charge in [-0.1, -0.05) is 23.7 Å². The van der Waals surface area contributed by atoms with E-state index >= 15 is 0 Å². The summed E-state index contributed by atoms with van der Waals surface area (Å²) in [6.07, 6.45) is 0.0756. The number of anilines is 1. The summed E-state index contributed by atoms with van der Waals surface area (Å²) >= 11 is 6.10. The normalized spacial score (nSPS) is 10.3. The SMILES string of the molecule is COc1ccc(N(CCNC(=O)Cc2cccc(F)c2)C(C)=O)cc1Cl. The van der Waals surface area contributed by atoms with Crippen molar-refractivity contribution in [2.75, 3.05) is 25.1 Å². The molecule has 1 N–H and O–H groups in total. The maximum Gasteiger partial charge on any atom is 0.224 e. The van der Waals surface area contributed by atoms with Crippen LogP contribution < -0.4 is 15.0 Å². The number of carbonyl (C=O) groups is 2. The largest absolute Gasteiger partial charge is 0.495 e. The Morgan fingerprint density at radius 2 is 2.00 bits per heavy atom. The summed E-state index contributed by atoms with van der Waals surface area (Å²) in [5.41, 5.74) is 1.20. The average Bonchev–Trinajstić information content (AvgIpc) is 2.58. The van der Waals surface area contributed by atoms with Crippen molar-refractivity contribution in [1.82, 2.24) is 5.32 Å². The van der Waals surface area contributed by atoms with Crippen LogP contribution in [-0.4, -0.2) is 32.0 Å². The standard InChI is InChI=1S/C19H20ClFN2O3/c1-13(24)23(16-6-7-18(26-2)17(20)12-16)9-8-22-19(25)11-14-4-3-5-15(21)10-14/h3-7,10,12H,8-9,11H2,1-2H3,(H,22,25). The highest BCUT2D eigenvalue weighted by Gasteiger charge is 2.14. The average molecular weight is 379 g/mol. The highest BCUT2D eigenvalue weighted by Crippen LogP contribution is 2.29. The van der Waals surface area contributed by atoms with Gasteiger partial charge >= 0.3 is 0 Å². The molecule has 5 nitrogen and oxygen atoms in total. The van der Waals surface area contributed by atoms with Crippen molar-refractivity contribution in [3.63, 3.8) is 0 Å². The molecule has 2 aromatic rings. The Kier molecular flexibility index (Phi) is 6.97. The highest BCUT2D eigenvalue weighted by molar-refractivity contribution is 6.32. The lowest BCUT2D eigenvalue weighted by Gasteiger charge is -2.22. The molecule has 26 heavy (non-hydrogen) atoms. The van der Waals surface area contributed by atoms with Crippen LogP contribution in [-0.2, 0) is 16.0 Å². The zero-order valence-electron chi connectivity index (χ0n) is 14.6. The lowest BCUT2D eigenvalue weighted by Crippen LogP contribution is -2.38. The van der Waals surface area contributed by atoms with E-state index < -0.39 is 0 Å². The van der Waals surface area contributed by atoms with Gasteiger partial charge in [0.25, 0.3) is 0 Å². The Morgan fingerprint density at radius 3 is 2.62 bits per heavy atom. The molecule has 0 spiro atoms. The second-order valence-corrected chi connectivity index (χ2v) is 6.05. The van der Waals surface area contributed by atoms with Crippen molar-refractivity contribution in [2.45, 2.75) is 13.3 Å². The van der Waals surface area contributed by atoms with E-state index in [1.165, 1.54) is 31.1 Å². The molecule has 0 bridgehead atoms. The van der Waals surface area contributed by atoms with E-state index in [4.69, 9.17) is 16.3 Å². The molecule has 7 heteroatoms. The van der Waals surface area contributed by atoms with Crippen molar-refractivity contribution >= 4 is 29.1 Å². The summed E-state index contributed by atoms with van der Waals surface area (Å²) in [5.74, 6) is -0.283. The predicted octanol–water partition coefficient (Wildman–Crippen LogP) is 3.20. The van der Waals surface area contributed by atoms with Crippen molar-refractivity contribution in [1.29, 1.82) is 0 Å². The van der Waals surface area contributed by atoms with Gasteiger partial charge in [0.15, 0.2) is 0 Å². The van der Waals surface area contributed by atoms with Gasteiger partial charge in [-0.2, -0.15) is 0 Å². The van der Waals surface area contributed by atoms with Crippen LogP contribution in [0.2, 0.25) is 5.02 Å². The monoisotopic (exact) mass is 378 g/mol. The number of amides is 2. The van der Waals surface area contributed by atoms with Gasteiger partial charge in [0.2, 0.25) is 11.8 Å². The van der Waals surface area contributed by atoms with Gasteiger partial charge in [0, 0.05) is 25.7 Å². The zero-order valence-corrected chi connectivity index (χ0v) is 15.3. The Balaban J connectivity index is 1.93. The molecule has 0 atom stereocenters. The van der Waals surface area contributed by atoms with E-state index in [0.29, 0.717) is 22.0 Å². The summed E-state index contributed by atoms with van der Waals surface area (Å²) in [6.45, 7) is 1.98. The summed E-state index contributed by atoms with van der Waals surface area (Å²) in [4.78, 5) is 25.4. The molecule has 0 saturated heterocycles. The second-order valence-electron chi connectivity index (χ2n) is 5.65. The lowest BCUT2D eigenvalue weighted by atomic mass is 10.1. The predicted molar refractivity (Wildman–Crippen MR) is 99.1 cm³/mol. The molecule has 0 unspecified atom stereocenters. The molecule has 0 aliphatic rings. The van der Waals surface area contributed by atoms with E-state index in [2.05, 4.69) is 5.32 Å². The number of rotatable bonds is 7. The van der Waals surface area contributed by atoms with E-state index in [0.717, 1.165) is 0 Å². The first-order chi connectivity index (χ1) is 12.4. The van der Waals surface area contributed by atoms with Crippen LogP contribution in [0.3, 0.4) is 0 Å². The summed E-state index contributed by atoms with van der Waals surface area (Å²) < 4.78 is 18.2. The van der Waals surface area contributed by atoms with E-state index in [1.54, 1.807) is 30.3 Å². The molecule has 2 aromatic carbocycles. The fraction of sp³-hybridized carbons (Fsp3) is 0.263. The van der Waals surface area contributed by atoms with Gasteiger partial charge in [-0.25, -0.2) is 4.39 Å². The van der Waals surface area contributed by atoms with Crippen LogP contribution >= 0.6 is 11.6 Å². The first kappa shape index (κ1) is 19.7. The highest BCUT2D eigenvalue weighted by atomic mass is 35.5. The van der Waals surface area contributed by atoms with Gasteiger partial charge in [-0.15, -0.1) is 0 Å². The first-order valence-electron chi connectivity index (χ1n) is 8.03. The van der Waals surface area contributed by atoms with Gasteiger partial charge < -0.3 is 15.0 Å². The van der Waals surface area contributed by atoms with E-state index in [9.17, 15) is 14.0 Å². The number of carbonyl (C=O) groups excluding carboxylic acids is 2. The van der Waals surface area contributed by atoms with Crippen LogP contribution in [0.1, 0.15) is 12.5 Å². The third-order valence-electron chi connectivity index (χ3n) is 3.74. The molecule has 0 radical (unpaired) electrons. The number of halogens is 2. The Hall–Kier alpha value is -2.60. The first-order valence-corrected chi connectivity index (χ1v) is 8.41. The second kappa shape index (κ2) is 9.20. The third kappa shape index (κ3) is 5.46. The number of nitrogens with zero attached hydrogens (tertiary/aromatic N) is 1. The van der Waals surface area contributed by atoms with Crippen molar-refractivity contribution < 1.29 is 18.7 Å². The molecule has 0 saturated carbocycles. The molecule has 0 fully saturated rings. The molecule has 0 heterocycles. The van der Waals surface area contributed by atoms with Crippen LogP contribution in [0.5, 0.6) is 5.75 Å². The lowest BCUT2D eigenvalue weighted by molar-refractivity contribution is -0.121. The third-order valence-corrected chi connectivity index (χ3v) is 4.03. The maximum atomic E-state index is 13.1. The van der Waals surface area contributed by atoms with Crippen LogP contribution in [0, 0.1) is 5.82 Å². The van der Waals surface area contributed by atoms with E-state index in [1.807, 2.05) is 0 Å². The molecule has 0 aliphatic heterocycles. The van der Waals surface area contributed by atoms with Gasteiger partial charge in [-0.05, 0) is 35.9 Å². The number of methoxy groups -OCH3 is 1. The topological polar surface area (TPSA) is 58.6 Å². The Morgan fingerprint density at radius 1 is 1.23 bits per heavy atom. The van der Waals surface area contributed by atoms with Gasteiger partial charge in [0.05, 0.1) is 18.6 Å². The van der Waals surface area contributed by atoms with Crippen molar-refractivity contribution in [3.8, 4) is 5.75 Å². The van der Waals surface area contributed by atoms with E-state index in [-0.39, 0.29) is 37.1 Å². The zero-order chi connectivity index (χ0) is 19.1. The summed E-state index contributed by atoms with van der Waals surface area (Å²) in [7, 11) is 1.51. The molecular formula is C19H20ClFN2O3. The van der Waals surface area contributed by atoms with Crippen LogP contribution in [0.25, 0.3) is 0 Å². The molecule has 2 amide bonds. The fourth-order valence-electron chi connectivity index (χ4n) is 2.49.